The van der Waals surface area contributed by atoms with Gasteiger partial charge in [0.25, 0.3) is 0 Å². The third-order valence-electron chi connectivity index (χ3n) is 3.12. The first-order chi connectivity index (χ1) is 8.04. The molecule has 3 nitrogen and oxygen atoms in total. The predicted octanol–water partition coefficient (Wildman–Crippen LogP) is 2.59. The van der Waals surface area contributed by atoms with Crippen molar-refractivity contribution in [3.63, 3.8) is 0 Å². The molecule has 17 heavy (non-hydrogen) atoms. The summed E-state index contributed by atoms with van der Waals surface area (Å²) in [6.45, 7) is 9.62. The molecular weight excluding hydrogens is 234 g/mol. The minimum absolute atomic E-state index is 0.0614. The second-order valence-electron chi connectivity index (χ2n) is 4.88. The van der Waals surface area contributed by atoms with Crippen molar-refractivity contribution in [2.45, 2.75) is 63.0 Å². The van der Waals surface area contributed by atoms with E-state index in [2.05, 4.69) is 19.2 Å². The maximum Gasteiger partial charge on any atom is 0.326 e. The molecule has 0 aromatic heterocycles. The first kappa shape index (κ1) is 14.8. The Morgan fingerprint density at radius 2 is 2.24 bits per heavy atom. The van der Waals surface area contributed by atoms with Crippen LogP contribution >= 0.6 is 11.8 Å². The SMILES string of the molecule is CCNC1(C(=O)OCC)CCC(SC(C)C)C1. The van der Waals surface area contributed by atoms with Crippen LogP contribution in [-0.4, -0.2) is 35.2 Å². The third-order valence-corrected chi connectivity index (χ3v) is 4.45. The molecule has 1 N–H and O–H groups in total. The summed E-state index contributed by atoms with van der Waals surface area (Å²) in [5.41, 5.74) is -0.419. The number of nitrogens with one attached hydrogen (secondary N) is 1. The molecule has 0 bridgehead atoms. The fraction of sp³-hybridized carbons (Fsp3) is 0.923. The number of carbonyl (C=O) groups excluding carboxylic acids is 1. The highest BCUT2D eigenvalue weighted by molar-refractivity contribution is 8.00. The normalized spacial score (nSPS) is 28.6. The van der Waals surface area contributed by atoms with Crippen molar-refractivity contribution in [2.24, 2.45) is 0 Å². The van der Waals surface area contributed by atoms with Gasteiger partial charge in [0.05, 0.1) is 6.61 Å². The Balaban J connectivity index is 2.65. The number of carbonyl (C=O) groups is 1. The monoisotopic (exact) mass is 259 g/mol. The van der Waals surface area contributed by atoms with Crippen molar-refractivity contribution >= 4 is 17.7 Å². The zero-order valence-electron chi connectivity index (χ0n) is 11.4. The molecule has 0 spiro atoms. The Hall–Kier alpha value is -0.220. The largest absolute Gasteiger partial charge is 0.465 e. The average molecular weight is 259 g/mol. The van der Waals surface area contributed by atoms with Crippen molar-refractivity contribution in [1.82, 2.24) is 5.32 Å². The Morgan fingerprint density at radius 3 is 2.76 bits per heavy atom. The molecule has 100 valence electrons. The van der Waals surface area contributed by atoms with Crippen LogP contribution in [0, 0.1) is 0 Å². The highest BCUT2D eigenvalue weighted by atomic mass is 32.2. The van der Waals surface area contributed by atoms with Crippen molar-refractivity contribution in [1.29, 1.82) is 0 Å². The number of rotatable bonds is 6. The third kappa shape index (κ3) is 3.88. The fourth-order valence-electron chi connectivity index (χ4n) is 2.53. The van der Waals surface area contributed by atoms with Gasteiger partial charge in [-0.3, -0.25) is 4.79 Å². The summed E-state index contributed by atoms with van der Waals surface area (Å²) in [5, 5.41) is 4.56. The Bertz CT molecular complexity index is 258. The van der Waals surface area contributed by atoms with Crippen LogP contribution in [0.3, 0.4) is 0 Å². The summed E-state index contributed by atoms with van der Waals surface area (Å²) in [6, 6.07) is 0. The van der Waals surface area contributed by atoms with Gasteiger partial charge in [0.2, 0.25) is 0 Å². The lowest BCUT2D eigenvalue weighted by Gasteiger charge is -2.28. The molecule has 0 radical (unpaired) electrons. The van der Waals surface area contributed by atoms with E-state index in [1.165, 1.54) is 0 Å². The smallest absolute Gasteiger partial charge is 0.326 e. The molecule has 1 aliphatic carbocycles. The number of likely N-dealkylation sites (N-methyl/N-ethyl adjacent to an activating group) is 1. The maximum absolute atomic E-state index is 12.1. The van der Waals surface area contributed by atoms with E-state index in [9.17, 15) is 4.79 Å². The summed E-state index contributed by atoms with van der Waals surface area (Å²) in [6.07, 6.45) is 2.92. The Labute approximate surface area is 109 Å². The first-order valence-corrected chi connectivity index (χ1v) is 7.56. The summed E-state index contributed by atoms with van der Waals surface area (Å²) in [4.78, 5) is 12.1. The van der Waals surface area contributed by atoms with E-state index in [0.717, 1.165) is 25.8 Å². The van der Waals surface area contributed by atoms with Crippen LogP contribution in [0.2, 0.25) is 0 Å². The number of thioether (sulfide) groups is 1. The van der Waals surface area contributed by atoms with Gasteiger partial charge in [-0.15, -0.1) is 0 Å². The second-order valence-corrected chi connectivity index (χ2v) is 6.76. The summed E-state index contributed by atoms with van der Waals surface area (Å²) >= 11 is 1.98. The Kier molecular flexibility index (Phi) is 5.80. The highest BCUT2D eigenvalue weighted by Gasteiger charge is 2.46. The van der Waals surface area contributed by atoms with Crippen LogP contribution in [0.25, 0.3) is 0 Å². The molecule has 0 aromatic rings. The van der Waals surface area contributed by atoms with E-state index in [0.29, 0.717) is 17.1 Å². The van der Waals surface area contributed by atoms with Crippen LogP contribution < -0.4 is 5.32 Å². The zero-order valence-corrected chi connectivity index (χ0v) is 12.2. The van der Waals surface area contributed by atoms with E-state index in [1.807, 2.05) is 25.6 Å². The van der Waals surface area contributed by atoms with Gasteiger partial charge in [-0.05, 0) is 38.0 Å². The van der Waals surface area contributed by atoms with Crippen molar-refractivity contribution in [3.05, 3.63) is 0 Å². The van der Waals surface area contributed by atoms with Crippen LogP contribution in [0.1, 0.15) is 47.0 Å². The van der Waals surface area contributed by atoms with Crippen molar-refractivity contribution < 1.29 is 9.53 Å². The number of ether oxygens (including phenoxy) is 1. The molecule has 1 rings (SSSR count). The van der Waals surface area contributed by atoms with Crippen LogP contribution in [-0.2, 0) is 9.53 Å². The number of hydrogen-bond donors (Lipinski definition) is 1. The lowest BCUT2D eigenvalue weighted by atomic mass is 9.98. The first-order valence-electron chi connectivity index (χ1n) is 6.61. The van der Waals surface area contributed by atoms with Gasteiger partial charge in [-0.2, -0.15) is 11.8 Å². The molecule has 0 aliphatic heterocycles. The predicted molar refractivity (Wildman–Crippen MR) is 73.4 cm³/mol. The molecule has 1 fully saturated rings. The maximum atomic E-state index is 12.1. The van der Waals surface area contributed by atoms with Gasteiger partial charge in [0.15, 0.2) is 0 Å². The molecule has 0 heterocycles. The molecule has 0 aromatic carbocycles. The molecule has 2 atom stereocenters. The van der Waals surface area contributed by atoms with Crippen LogP contribution in [0.5, 0.6) is 0 Å². The molecule has 1 saturated carbocycles. The van der Waals surface area contributed by atoms with E-state index in [-0.39, 0.29) is 5.97 Å². The van der Waals surface area contributed by atoms with Crippen molar-refractivity contribution in [2.75, 3.05) is 13.2 Å². The van der Waals surface area contributed by atoms with Gasteiger partial charge in [0, 0.05) is 5.25 Å². The topological polar surface area (TPSA) is 38.3 Å². The zero-order chi connectivity index (χ0) is 12.9. The Morgan fingerprint density at radius 1 is 1.53 bits per heavy atom. The lowest BCUT2D eigenvalue weighted by molar-refractivity contribution is -0.151. The second kappa shape index (κ2) is 6.64. The quantitative estimate of drug-likeness (QED) is 0.744. The number of esters is 1. The summed E-state index contributed by atoms with van der Waals surface area (Å²) in [7, 11) is 0. The minimum Gasteiger partial charge on any atom is -0.465 e. The van der Waals surface area contributed by atoms with Crippen LogP contribution in [0.4, 0.5) is 0 Å². The number of hydrogen-bond acceptors (Lipinski definition) is 4. The van der Waals surface area contributed by atoms with Gasteiger partial charge in [0.1, 0.15) is 5.54 Å². The molecular formula is C13H25NO2S. The van der Waals surface area contributed by atoms with Gasteiger partial charge in [-0.25, -0.2) is 0 Å². The van der Waals surface area contributed by atoms with Gasteiger partial charge >= 0.3 is 5.97 Å². The average Bonchev–Trinajstić information content (AvgIpc) is 2.63. The molecule has 1 aliphatic rings. The highest BCUT2D eigenvalue weighted by Crippen LogP contribution is 2.39. The van der Waals surface area contributed by atoms with E-state index in [1.54, 1.807) is 0 Å². The molecule has 4 heteroatoms. The minimum atomic E-state index is -0.419. The molecule has 0 saturated heterocycles. The van der Waals surface area contributed by atoms with Gasteiger partial charge < -0.3 is 10.1 Å². The van der Waals surface area contributed by atoms with Crippen LogP contribution in [0.15, 0.2) is 0 Å². The van der Waals surface area contributed by atoms with E-state index in [4.69, 9.17) is 4.74 Å². The molecule has 0 amide bonds. The standard InChI is InChI=1S/C13H25NO2S/c1-5-14-13(12(15)16-6-2)8-7-11(9-13)17-10(3)4/h10-11,14H,5-9H2,1-4H3. The molecule has 2 unspecified atom stereocenters. The fourth-order valence-corrected chi connectivity index (χ4v) is 3.93. The van der Waals surface area contributed by atoms with E-state index >= 15 is 0 Å². The van der Waals surface area contributed by atoms with Gasteiger partial charge in [-0.1, -0.05) is 20.8 Å². The summed E-state index contributed by atoms with van der Waals surface area (Å²) < 4.78 is 5.22. The van der Waals surface area contributed by atoms with E-state index < -0.39 is 5.54 Å². The van der Waals surface area contributed by atoms with Crippen molar-refractivity contribution in [3.8, 4) is 0 Å². The lowest BCUT2D eigenvalue weighted by Crippen LogP contribution is -2.51. The summed E-state index contributed by atoms with van der Waals surface area (Å²) in [5.74, 6) is -0.0614.